The Labute approximate surface area is 99.7 Å². The number of anilines is 2. The third kappa shape index (κ3) is 2.46. The Bertz CT molecular complexity index is 399. The lowest BCUT2D eigenvalue weighted by Crippen LogP contribution is -2.25. The van der Waals surface area contributed by atoms with Gasteiger partial charge in [0.15, 0.2) is 11.6 Å². The van der Waals surface area contributed by atoms with E-state index in [1.165, 1.54) is 6.20 Å². The van der Waals surface area contributed by atoms with Crippen molar-refractivity contribution in [3.05, 3.63) is 12.0 Å². The summed E-state index contributed by atoms with van der Waals surface area (Å²) in [6.07, 6.45) is 1.66. The highest BCUT2D eigenvalue weighted by atomic mass is 19.1. The summed E-state index contributed by atoms with van der Waals surface area (Å²) in [5.74, 6) is 0.479. The topological polar surface area (TPSA) is 61.3 Å². The van der Waals surface area contributed by atoms with Gasteiger partial charge in [-0.15, -0.1) is 0 Å². The predicted octanol–water partition coefficient (Wildman–Crippen LogP) is 0.864. The summed E-state index contributed by atoms with van der Waals surface area (Å²) in [5.41, 5.74) is 0. The van der Waals surface area contributed by atoms with Crippen LogP contribution in [0, 0.1) is 11.7 Å². The minimum absolute atomic E-state index is 0.183. The maximum absolute atomic E-state index is 13.6. The highest BCUT2D eigenvalue weighted by Gasteiger charge is 2.28. The summed E-state index contributed by atoms with van der Waals surface area (Å²) in [5, 5.41) is 12.3. The fraction of sp³-hybridized carbons (Fsp3) is 0.636. The summed E-state index contributed by atoms with van der Waals surface area (Å²) >= 11 is 0. The molecule has 0 aliphatic carbocycles. The molecule has 2 atom stereocenters. The monoisotopic (exact) mass is 240 g/mol. The second kappa shape index (κ2) is 4.83. The van der Waals surface area contributed by atoms with Gasteiger partial charge in [-0.25, -0.2) is 9.37 Å². The van der Waals surface area contributed by atoms with Gasteiger partial charge in [0.25, 0.3) is 0 Å². The van der Waals surface area contributed by atoms with Gasteiger partial charge < -0.3 is 15.3 Å². The molecule has 1 aromatic heterocycles. The van der Waals surface area contributed by atoms with E-state index < -0.39 is 5.82 Å². The molecule has 2 N–H and O–H groups in total. The Balaban J connectivity index is 2.18. The van der Waals surface area contributed by atoms with Gasteiger partial charge in [0.1, 0.15) is 0 Å². The van der Waals surface area contributed by atoms with E-state index >= 15 is 0 Å². The van der Waals surface area contributed by atoms with Gasteiger partial charge in [-0.1, -0.05) is 0 Å². The quantitative estimate of drug-likeness (QED) is 0.820. The number of rotatable bonds is 3. The van der Waals surface area contributed by atoms with Gasteiger partial charge >= 0.3 is 0 Å². The smallest absolute Gasteiger partial charge is 0.224 e. The molecular formula is C11H17FN4O. The molecule has 1 fully saturated rings. The molecular weight excluding hydrogens is 223 g/mol. The van der Waals surface area contributed by atoms with Crippen LogP contribution in [-0.2, 0) is 0 Å². The molecule has 17 heavy (non-hydrogen) atoms. The van der Waals surface area contributed by atoms with Crippen molar-refractivity contribution < 1.29 is 9.50 Å². The first kappa shape index (κ1) is 12.0. The molecule has 1 aromatic rings. The van der Waals surface area contributed by atoms with Gasteiger partial charge in [0.05, 0.1) is 12.3 Å². The summed E-state index contributed by atoms with van der Waals surface area (Å²) < 4.78 is 13.6. The Morgan fingerprint density at radius 3 is 3.00 bits per heavy atom. The van der Waals surface area contributed by atoms with Crippen molar-refractivity contribution in [3.8, 4) is 0 Å². The fourth-order valence-electron chi connectivity index (χ4n) is 2.07. The van der Waals surface area contributed by atoms with Crippen LogP contribution in [0.4, 0.5) is 16.2 Å². The summed E-state index contributed by atoms with van der Waals surface area (Å²) in [6.45, 7) is 3.12. The zero-order chi connectivity index (χ0) is 12.4. The average molecular weight is 240 g/mol. The van der Waals surface area contributed by atoms with Crippen molar-refractivity contribution in [2.24, 2.45) is 5.92 Å². The first-order valence-electron chi connectivity index (χ1n) is 5.75. The standard InChI is InChI=1S/C11H17FN4O/c1-7(17)8-3-4-16(6-8)10-9(12)5-14-11(13-2)15-10/h5,7-8,17H,3-4,6H2,1-2H3,(H,13,14,15). The number of aliphatic hydroxyl groups excluding tert-OH is 1. The van der Waals surface area contributed by atoms with Crippen LogP contribution in [0.1, 0.15) is 13.3 Å². The van der Waals surface area contributed by atoms with Crippen molar-refractivity contribution in [3.63, 3.8) is 0 Å². The van der Waals surface area contributed by atoms with Crippen LogP contribution in [0.2, 0.25) is 0 Å². The molecule has 0 radical (unpaired) electrons. The Morgan fingerprint density at radius 2 is 2.41 bits per heavy atom. The molecule has 0 spiro atoms. The van der Waals surface area contributed by atoms with E-state index in [4.69, 9.17) is 0 Å². The molecule has 0 amide bonds. The maximum atomic E-state index is 13.6. The lowest BCUT2D eigenvalue weighted by Gasteiger charge is -2.19. The third-order valence-electron chi connectivity index (χ3n) is 3.16. The van der Waals surface area contributed by atoms with Gasteiger partial charge in [0, 0.05) is 26.1 Å². The van der Waals surface area contributed by atoms with E-state index in [1.54, 1.807) is 14.0 Å². The fourth-order valence-corrected chi connectivity index (χ4v) is 2.07. The molecule has 2 rings (SSSR count). The van der Waals surface area contributed by atoms with Crippen LogP contribution < -0.4 is 10.2 Å². The van der Waals surface area contributed by atoms with Crippen LogP contribution in [0.3, 0.4) is 0 Å². The van der Waals surface area contributed by atoms with Crippen LogP contribution in [0.15, 0.2) is 6.20 Å². The zero-order valence-corrected chi connectivity index (χ0v) is 10.0. The second-order valence-electron chi connectivity index (χ2n) is 4.35. The minimum Gasteiger partial charge on any atom is -0.393 e. The maximum Gasteiger partial charge on any atom is 0.224 e. The van der Waals surface area contributed by atoms with Crippen molar-refractivity contribution in [1.29, 1.82) is 0 Å². The number of nitrogens with one attached hydrogen (secondary N) is 1. The number of aromatic nitrogens is 2. The summed E-state index contributed by atoms with van der Waals surface area (Å²) in [4.78, 5) is 9.78. The highest BCUT2D eigenvalue weighted by Crippen LogP contribution is 2.26. The van der Waals surface area contributed by atoms with Gasteiger partial charge in [-0.2, -0.15) is 4.98 Å². The first-order valence-corrected chi connectivity index (χ1v) is 5.75. The summed E-state index contributed by atoms with van der Waals surface area (Å²) in [7, 11) is 1.69. The first-order chi connectivity index (χ1) is 8.11. The molecule has 6 heteroatoms. The zero-order valence-electron chi connectivity index (χ0n) is 10.0. The van der Waals surface area contributed by atoms with Crippen LogP contribution in [0.5, 0.6) is 0 Å². The Kier molecular flexibility index (Phi) is 3.42. The summed E-state index contributed by atoms with van der Waals surface area (Å²) in [6, 6.07) is 0. The van der Waals surface area contributed by atoms with Crippen molar-refractivity contribution in [2.45, 2.75) is 19.4 Å². The van der Waals surface area contributed by atoms with Gasteiger partial charge in [0.2, 0.25) is 5.95 Å². The lowest BCUT2D eigenvalue weighted by molar-refractivity contribution is 0.136. The van der Waals surface area contributed by atoms with Crippen molar-refractivity contribution >= 4 is 11.8 Å². The van der Waals surface area contributed by atoms with Crippen molar-refractivity contribution in [2.75, 3.05) is 30.4 Å². The SMILES string of the molecule is CNc1ncc(F)c(N2CCC(C(C)O)C2)n1. The van der Waals surface area contributed by atoms with Gasteiger partial charge in [-0.3, -0.25) is 0 Å². The van der Waals surface area contributed by atoms with E-state index in [2.05, 4.69) is 15.3 Å². The molecule has 0 bridgehead atoms. The number of aliphatic hydroxyl groups is 1. The Morgan fingerprint density at radius 1 is 1.65 bits per heavy atom. The average Bonchev–Trinajstić information content (AvgIpc) is 2.79. The van der Waals surface area contributed by atoms with Gasteiger partial charge in [-0.05, 0) is 13.3 Å². The van der Waals surface area contributed by atoms with E-state index in [0.717, 1.165) is 6.42 Å². The second-order valence-corrected chi connectivity index (χ2v) is 4.35. The molecule has 1 saturated heterocycles. The lowest BCUT2D eigenvalue weighted by atomic mass is 10.0. The molecule has 2 unspecified atom stereocenters. The van der Waals surface area contributed by atoms with E-state index in [-0.39, 0.29) is 12.0 Å². The van der Waals surface area contributed by atoms with Crippen LogP contribution in [0.25, 0.3) is 0 Å². The minimum atomic E-state index is -0.421. The van der Waals surface area contributed by atoms with Crippen LogP contribution >= 0.6 is 0 Å². The molecule has 0 aromatic carbocycles. The number of hydrogen-bond donors (Lipinski definition) is 2. The molecule has 94 valence electrons. The highest BCUT2D eigenvalue weighted by molar-refractivity contribution is 5.44. The van der Waals surface area contributed by atoms with E-state index in [0.29, 0.717) is 24.9 Å². The molecule has 5 nitrogen and oxygen atoms in total. The molecule has 1 aliphatic rings. The molecule has 0 saturated carbocycles. The van der Waals surface area contributed by atoms with E-state index in [1.807, 2.05) is 4.90 Å². The molecule has 1 aliphatic heterocycles. The number of halogens is 1. The van der Waals surface area contributed by atoms with Crippen LogP contribution in [-0.4, -0.2) is 41.3 Å². The van der Waals surface area contributed by atoms with E-state index in [9.17, 15) is 9.50 Å². The predicted molar refractivity (Wildman–Crippen MR) is 63.5 cm³/mol. The normalized spacial score (nSPS) is 21.6. The largest absolute Gasteiger partial charge is 0.393 e. The number of hydrogen-bond acceptors (Lipinski definition) is 5. The molecule has 2 heterocycles. The number of nitrogens with zero attached hydrogens (tertiary/aromatic N) is 3. The third-order valence-corrected chi connectivity index (χ3v) is 3.16. The Hall–Kier alpha value is -1.43. The van der Waals surface area contributed by atoms with Crippen molar-refractivity contribution in [1.82, 2.24) is 9.97 Å².